The second-order valence-electron chi connectivity index (χ2n) is 2.30. The molecule has 0 aromatic heterocycles. The van der Waals surface area contributed by atoms with Crippen LogP contribution < -0.4 is 0 Å². The molecule has 0 spiro atoms. The highest BCUT2D eigenvalue weighted by Gasteiger charge is 1.98. The average molecular weight is 157 g/mol. The Morgan fingerprint density at radius 2 is 2.09 bits per heavy atom. The van der Waals surface area contributed by atoms with Gasteiger partial charge < -0.3 is 4.74 Å². The highest BCUT2D eigenvalue weighted by atomic mass is 16.5. The summed E-state index contributed by atoms with van der Waals surface area (Å²) in [5.74, 6) is -0.888. The Balaban J connectivity index is 3.01. The van der Waals surface area contributed by atoms with E-state index >= 15 is 0 Å². The van der Waals surface area contributed by atoms with Crippen LogP contribution in [0.1, 0.15) is 32.6 Å². The molecule has 0 amide bonds. The molecule has 3 nitrogen and oxygen atoms in total. The van der Waals surface area contributed by atoms with Gasteiger partial charge in [0.15, 0.2) is 0 Å². The lowest BCUT2D eigenvalue weighted by molar-refractivity contribution is -0.135. The number of carbonyl (C=O) groups is 1. The zero-order chi connectivity index (χ0) is 8.53. The van der Waals surface area contributed by atoms with Crippen molar-refractivity contribution in [3.63, 3.8) is 0 Å². The van der Waals surface area contributed by atoms with E-state index in [2.05, 4.69) is 11.7 Å². The van der Waals surface area contributed by atoms with Crippen LogP contribution in [-0.4, -0.2) is 18.9 Å². The van der Waals surface area contributed by atoms with Crippen LogP contribution >= 0.6 is 0 Å². The van der Waals surface area contributed by atoms with Crippen molar-refractivity contribution < 1.29 is 14.3 Å². The Morgan fingerprint density at radius 3 is 2.64 bits per heavy atom. The van der Waals surface area contributed by atoms with Gasteiger partial charge in [0.05, 0.1) is 6.61 Å². The number of ether oxygens (including phenoxy) is 1. The van der Waals surface area contributed by atoms with E-state index < -0.39 is 5.97 Å². The van der Waals surface area contributed by atoms with E-state index in [1.807, 2.05) is 0 Å². The Bertz CT molecular complexity index is 121. The number of unbranched alkanes of at least 4 members (excludes halogenated alkanes) is 3. The van der Waals surface area contributed by atoms with Gasteiger partial charge in [0.1, 0.15) is 0 Å². The first kappa shape index (κ1) is 10.1. The predicted octanol–water partition coefficient (Wildman–Crippen LogP) is 1.22. The van der Waals surface area contributed by atoms with E-state index in [1.54, 1.807) is 0 Å². The molecule has 0 atom stereocenters. The fourth-order valence-electron chi connectivity index (χ4n) is 0.723. The summed E-state index contributed by atoms with van der Waals surface area (Å²) >= 11 is 0. The first-order valence-electron chi connectivity index (χ1n) is 3.86. The highest BCUT2D eigenvalue weighted by Crippen LogP contribution is 1.98. The SMILES string of the molecule is CCCCCCOC(=O)[C]=O. The largest absolute Gasteiger partial charge is 0.460 e. The summed E-state index contributed by atoms with van der Waals surface area (Å²) in [4.78, 5) is 19.8. The highest BCUT2D eigenvalue weighted by molar-refractivity contribution is 6.20. The van der Waals surface area contributed by atoms with Crippen LogP contribution in [0.15, 0.2) is 0 Å². The Kier molecular flexibility index (Phi) is 6.68. The molecule has 1 radical (unpaired) electrons. The van der Waals surface area contributed by atoms with Gasteiger partial charge in [-0.2, -0.15) is 0 Å². The average Bonchev–Trinajstić information content (AvgIpc) is 2.04. The molecule has 0 saturated carbocycles. The van der Waals surface area contributed by atoms with Gasteiger partial charge in [-0.25, -0.2) is 4.79 Å². The summed E-state index contributed by atoms with van der Waals surface area (Å²) < 4.78 is 4.48. The van der Waals surface area contributed by atoms with E-state index in [9.17, 15) is 9.59 Å². The molecule has 0 fully saturated rings. The Morgan fingerprint density at radius 1 is 1.36 bits per heavy atom. The van der Waals surface area contributed by atoms with E-state index in [0.717, 1.165) is 32.0 Å². The van der Waals surface area contributed by atoms with Gasteiger partial charge in [0.25, 0.3) is 0 Å². The van der Waals surface area contributed by atoms with E-state index in [1.165, 1.54) is 0 Å². The number of esters is 1. The summed E-state index contributed by atoms with van der Waals surface area (Å²) in [5.41, 5.74) is 0. The van der Waals surface area contributed by atoms with Gasteiger partial charge in [-0.3, -0.25) is 4.79 Å². The topological polar surface area (TPSA) is 43.4 Å². The maximum atomic E-state index is 10.2. The van der Waals surface area contributed by atoms with Gasteiger partial charge in [0.2, 0.25) is 0 Å². The second kappa shape index (κ2) is 7.25. The van der Waals surface area contributed by atoms with E-state index in [4.69, 9.17) is 0 Å². The molecule has 0 N–H and O–H groups in total. The molecule has 0 aromatic carbocycles. The van der Waals surface area contributed by atoms with Gasteiger partial charge >= 0.3 is 12.3 Å². The van der Waals surface area contributed by atoms with Crippen molar-refractivity contribution in [1.29, 1.82) is 0 Å². The number of rotatable bonds is 6. The van der Waals surface area contributed by atoms with Gasteiger partial charge in [-0.1, -0.05) is 26.2 Å². The molecular weight excluding hydrogens is 144 g/mol. The van der Waals surface area contributed by atoms with E-state index in [0.29, 0.717) is 6.61 Å². The summed E-state index contributed by atoms with van der Waals surface area (Å²) in [6.07, 6.45) is 5.31. The van der Waals surface area contributed by atoms with Gasteiger partial charge in [-0.05, 0) is 6.42 Å². The van der Waals surface area contributed by atoms with Crippen LogP contribution in [0.4, 0.5) is 0 Å². The van der Waals surface area contributed by atoms with Crippen LogP contribution in [0.25, 0.3) is 0 Å². The lowest BCUT2D eigenvalue weighted by Gasteiger charge is -1.98. The van der Waals surface area contributed by atoms with Crippen molar-refractivity contribution in [2.24, 2.45) is 0 Å². The quantitative estimate of drug-likeness (QED) is 0.331. The van der Waals surface area contributed by atoms with E-state index in [-0.39, 0.29) is 0 Å². The van der Waals surface area contributed by atoms with Crippen molar-refractivity contribution >= 4 is 12.3 Å². The molecule has 3 heteroatoms. The lowest BCUT2D eigenvalue weighted by atomic mass is 10.2. The smallest absolute Gasteiger partial charge is 0.383 e. The number of carbonyl (C=O) groups excluding carboxylic acids is 2. The van der Waals surface area contributed by atoms with Crippen molar-refractivity contribution in [3.05, 3.63) is 0 Å². The second-order valence-corrected chi connectivity index (χ2v) is 2.30. The summed E-state index contributed by atoms with van der Waals surface area (Å²) in [5, 5.41) is 0. The van der Waals surface area contributed by atoms with Crippen LogP contribution in [0.2, 0.25) is 0 Å². The van der Waals surface area contributed by atoms with Crippen molar-refractivity contribution in [2.45, 2.75) is 32.6 Å². The number of hydrogen-bond donors (Lipinski definition) is 0. The first-order valence-corrected chi connectivity index (χ1v) is 3.86. The van der Waals surface area contributed by atoms with Crippen molar-refractivity contribution in [1.82, 2.24) is 0 Å². The monoisotopic (exact) mass is 157 g/mol. The minimum atomic E-state index is -0.888. The van der Waals surface area contributed by atoms with Crippen LogP contribution in [0, 0.1) is 0 Å². The molecule has 0 unspecified atom stereocenters. The zero-order valence-corrected chi connectivity index (χ0v) is 6.76. The normalized spacial score (nSPS) is 9.18. The van der Waals surface area contributed by atoms with Crippen LogP contribution in [-0.2, 0) is 14.3 Å². The summed E-state index contributed by atoms with van der Waals surface area (Å²) in [6, 6.07) is 0. The fourth-order valence-corrected chi connectivity index (χ4v) is 0.723. The standard InChI is InChI=1S/C8H13O3/c1-2-3-4-5-6-11-8(10)7-9/h2-6H2,1H3. The van der Waals surface area contributed by atoms with Crippen LogP contribution in [0.3, 0.4) is 0 Å². The molecule has 0 aromatic rings. The van der Waals surface area contributed by atoms with Gasteiger partial charge in [-0.15, -0.1) is 0 Å². The van der Waals surface area contributed by atoms with Crippen LogP contribution in [0.5, 0.6) is 0 Å². The third-order valence-corrected chi connectivity index (χ3v) is 1.31. The maximum Gasteiger partial charge on any atom is 0.383 e. The molecule has 0 aliphatic heterocycles. The molecule has 0 heterocycles. The maximum absolute atomic E-state index is 10.2. The fraction of sp³-hybridized carbons (Fsp3) is 0.750. The third kappa shape index (κ3) is 7.03. The minimum Gasteiger partial charge on any atom is -0.460 e. The Labute approximate surface area is 66.7 Å². The molecule has 63 valence electrons. The molecule has 0 rings (SSSR count). The Hall–Kier alpha value is -0.860. The predicted molar refractivity (Wildman–Crippen MR) is 40.8 cm³/mol. The summed E-state index contributed by atoms with van der Waals surface area (Å²) in [6.45, 7) is 2.44. The van der Waals surface area contributed by atoms with Gasteiger partial charge in [0, 0.05) is 0 Å². The third-order valence-electron chi connectivity index (χ3n) is 1.31. The molecule has 0 bridgehead atoms. The zero-order valence-electron chi connectivity index (χ0n) is 6.76. The lowest BCUT2D eigenvalue weighted by Crippen LogP contribution is -2.06. The molecular formula is C8H13O3. The molecule has 0 saturated heterocycles. The summed E-state index contributed by atoms with van der Waals surface area (Å²) in [7, 11) is 0. The van der Waals surface area contributed by atoms with Crippen molar-refractivity contribution in [3.8, 4) is 0 Å². The molecule has 11 heavy (non-hydrogen) atoms. The molecule has 0 aliphatic rings. The van der Waals surface area contributed by atoms with Crippen molar-refractivity contribution in [2.75, 3.05) is 6.61 Å². The first-order chi connectivity index (χ1) is 5.31. The minimum absolute atomic E-state index is 0.341. The molecule has 0 aliphatic carbocycles. The number of hydrogen-bond acceptors (Lipinski definition) is 3.